The molecule has 35 heavy (non-hydrogen) atoms. The lowest BCUT2D eigenvalue weighted by Crippen LogP contribution is -2.53. The van der Waals surface area contributed by atoms with Gasteiger partial charge in [-0.1, -0.05) is 70.2 Å². The van der Waals surface area contributed by atoms with Crippen molar-refractivity contribution >= 4 is 27.5 Å². The minimum Gasteiger partial charge on any atom is -0.354 e. The maximum absolute atomic E-state index is 13.6. The van der Waals surface area contributed by atoms with Crippen LogP contribution in [0.1, 0.15) is 57.6 Å². The zero-order chi connectivity index (χ0) is 26.0. The average Bonchev–Trinajstić information content (AvgIpc) is 2.83. The van der Waals surface area contributed by atoms with Crippen LogP contribution in [0.25, 0.3) is 0 Å². The standard InChI is InChI=1S/C27H39N3O4S/c1-6-18-28-27(32)25(7-2)29(19-17-22-11-9-8-10-12-22)26(31)20-30(35(5,33)34)24-15-13-23(14-16-24)21(3)4/h8-16,21,25H,6-7,17-20H2,1-5H3,(H,28,32)/t25-/m0/s1. The van der Waals surface area contributed by atoms with Gasteiger partial charge < -0.3 is 10.2 Å². The molecule has 2 aromatic rings. The number of hydrogen-bond donors (Lipinski definition) is 1. The summed E-state index contributed by atoms with van der Waals surface area (Å²) in [6, 6.07) is 16.3. The summed E-state index contributed by atoms with van der Waals surface area (Å²) in [4.78, 5) is 28.0. The SMILES string of the molecule is CCCNC(=O)[C@H](CC)N(CCc1ccccc1)C(=O)CN(c1ccc(C(C)C)cc1)S(C)(=O)=O. The van der Waals surface area contributed by atoms with Gasteiger partial charge >= 0.3 is 0 Å². The molecule has 0 radical (unpaired) electrons. The number of sulfonamides is 1. The second-order valence-electron chi connectivity index (χ2n) is 9.05. The summed E-state index contributed by atoms with van der Waals surface area (Å²) in [6.07, 6.45) is 2.87. The monoisotopic (exact) mass is 501 g/mol. The van der Waals surface area contributed by atoms with Crippen molar-refractivity contribution in [3.8, 4) is 0 Å². The van der Waals surface area contributed by atoms with Crippen molar-refractivity contribution in [3.63, 3.8) is 0 Å². The third-order valence-electron chi connectivity index (χ3n) is 5.95. The molecule has 1 N–H and O–H groups in total. The van der Waals surface area contributed by atoms with E-state index in [0.717, 1.165) is 28.1 Å². The summed E-state index contributed by atoms with van der Waals surface area (Å²) in [6.45, 7) is 8.41. The van der Waals surface area contributed by atoms with Gasteiger partial charge in [-0.3, -0.25) is 13.9 Å². The minimum absolute atomic E-state index is 0.219. The Balaban J connectivity index is 2.34. The van der Waals surface area contributed by atoms with E-state index in [0.29, 0.717) is 37.5 Å². The van der Waals surface area contributed by atoms with E-state index >= 15 is 0 Å². The predicted octanol–water partition coefficient (Wildman–Crippen LogP) is 3.95. The van der Waals surface area contributed by atoms with Crippen LogP contribution in [-0.2, 0) is 26.0 Å². The molecule has 2 aromatic carbocycles. The third kappa shape index (κ3) is 8.38. The van der Waals surface area contributed by atoms with Crippen LogP contribution in [0.4, 0.5) is 5.69 Å². The van der Waals surface area contributed by atoms with E-state index in [-0.39, 0.29) is 12.5 Å². The summed E-state index contributed by atoms with van der Waals surface area (Å²) < 4.78 is 26.5. The number of nitrogens with one attached hydrogen (secondary N) is 1. The maximum Gasteiger partial charge on any atom is 0.244 e. The quantitative estimate of drug-likeness (QED) is 0.450. The highest BCUT2D eigenvalue weighted by Crippen LogP contribution is 2.22. The zero-order valence-corrected chi connectivity index (χ0v) is 22.3. The molecule has 0 aliphatic heterocycles. The Bertz CT molecular complexity index is 1050. The van der Waals surface area contributed by atoms with Crippen molar-refractivity contribution in [1.82, 2.24) is 10.2 Å². The Labute approximate surface area is 210 Å². The van der Waals surface area contributed by atoms with Crippen LogP contribution in [0.2, 0.25) is 0 Å². The van der Waals surface area contributed by atoms with Gasteiger partial charge in [0.05, 0.1) is 11.9 Å². The smallest absolute Gasteiger partial charge is 0.244 e. The van der Waals surface area contributed by atoms with E-state index in [9.17, 15) is 18.0 Å². The number of nitrogens with zero attached hydrogens (tertiary/aromatic N) is 2. The lowest BCUT2D eigenvalue weighted by Gasteiger charge is -2.33. The second kappa shape index (κ2) is 13.3. The molecule has 1 atom stereocenters. The first-order chi connectivity index (χ1) is 16.6. The van der Waals surface area contributed by atoms with Crippen LogP contribution in [0.15, 0.2) is 54.6 Å². The molecule has 0 heterocycles. The third-order valence-corrected chi connectivity index (χ3v) is 7.09. The summed E-state index contributed by atoms with van der Waals surface area (Å²) in [5.41, 5.74) is 2.55. The van der Waals surface area contributed by atoms with Gasteiger partial charge in [0.25, 0.3) is 0 Å². The van der Waals surface area contributed by atoms with Crippen molar-refractivity contribution in [1.29, 1.82) is 0 Å². The van der Waals surface area contributed by atoms with Gasteiger partial charge in [-0.05, 0) is 48.4 Å². The van der Waals surface area contributed by atoms with Gasteiger partial charge in [0, 0.05) is 13.1 Å². The fraction of sp³-hybridized carbons (Fsp3) is 0.481. The van der Waals surface area contributed by atoms with Gasteiger partial charge in [-0.25, -0.2) is 8.42 Å². The molecular formula is C27H39N3O4S. The molecule has 0 unspecified atom stereocenters. The van der Waals surface area contributed by atoms with Crippen molar-refractivity contribution in [2.75, 3.05) is 30.2 Å². The average molecular weight is 502 g/mol. The van der Waals surface area contributed by atoms with Crippen LogP contribution >= 0.6 is 0 Å². The number of amides is 2. The topological polar surface area (TPSA) is 86.8 Å². The van der Waals surface area contributed by atoms with Crippen LogP contribution in [0, 0.1) is 0 Å². The first kappa shape index (κ1) is 28.4. The predicted molar refractivity (Wildman–Crippen MR) is 142 cm³/mol. The highest BCUT2D eigenvalue weighted by atomic mass is 32.2. The van der Waals surface area contributed by atoms with E-state index in [1.807, 2.05) is 56.3 Å². The van der Waals surface area contributed by atoms with Gasteiger partial charge in [0.1, 0.15) is 12.6 Å². The first-order valence-corrected chi connectivity index (χ1v) is 14.1. The number of hydrogen-bond acceptors (Lipinski definition) is 4. The number of benzene rings is 2. The second-order valence-corrected chi connectivity index (χ2v) is 11.0. The molecule has 2 rings (SSSR count). The summed E-state index contributed by atoms with van der Waals surface area (Å²) in [7, 11) is -3.73. The molecule has 8 heteroatoms. The Morgan fingerprint density at radius 3 is 2.11 bits per heavy atom. The van der Waals surface area contributed by atoms with Crippen LogP contribution in [-0.4, -0.2) is 57.1 Å². The molecule has 0 aliphatic carbocycles. The molecule has 0 saturated heterocycles. The normalized spacial score (nSPS) is 12.3. The summed E-state index contributed by atoms with van der Waals surface area (Å²) in [5.74, 6) is -0.321. The van der Waals surface area contributed by atoms with Gasteiger partial charge in [0.15, 0.2) is 0 Å². The molecule has 0 spiro atoms. The van der Waals surface area contributed by atoms with Gasteiger partial charge in [-0.2, -0.15) is 0 Å². The minimum atomic E-state index is -3.73. The first-order valence-electron chi connectivity index (χ1n) is 12.3. The van der Waals surface area contributed by atoms with Gasteiger partial charge in [-0.15, -0.1) is 0 Å². The van der Waals surface area contributed by atoms with Crippen molar-refractivity contribution < 1.29 is 18.0 Å². The Hall–Kier alpha value is -2.87. The zero-order valence-electron chi connectivity index (χ0n) is 21.5. The number of carbonyl (C=O) groups excluding carboxylic acids is 2. The summed E-state index contributed by atoms with van der Waals surface area (Å²) in [5, 5.41) is 2.88. The fourth-order valence-corrected chi connectivity index (χ4v) is 4.75. The lowest BCUT2D eigenvalue weighted by atomic mass is 10.0. The molecule has 0 saturated carbocycles. The number of carbonyl (C=O) groups is 2. The Morgan fingerprint density at radius 2 is 1.60 bits per heavy atom. The van der Waals surface area contributed by atoms with Crippen molar-refractivity contribution in [2.24, 2.45) is 0 Å². The largest absolute Gasteiger partial charge is 0.354 e. The molecule has 0 bridgehead atoms. The van der Waals surface area contributed by atoms with E-state index in [1.165, 1.54) is 4.90 Å². The summed E-state index contributed by atoms with van der Waals surface area (Å²) >= 11 is 0. The lowest BCUT2D eigenvalue weighted by molar-refractivity contribution is -0.139. The molecule has 0 aliphatic rings. The number of anilines is 1. The molecule has 2 amide bonds. The molecule has 0 fully saturated rings. The Morgan fingerprint density at radius 1 is 0.971 bits per heavy atom. The van der Waals surface area contributed by atoms with Gasteiger partial charge in [0.2, 0.25) is 21.8 Å². The molecule has 192 valence electrons. The van der Waals surface area contributed by atoms with Crippen LogP contribution in [0.3, 0.4) is 0 Å². The van der Waals surface area contributed by atoms with E-state index < -0.39 is 22.0 Å². The van der Waals surface area contributed by atoms with E-state index in [4.69, 9.17) is 0 Å². The number of rotatable bonds is 13. The fourth-order valence-electron chi connectivity index (χ4n) is 3.90. The maximum atomic E-state index is 13.6. The molecule has 7 nitrogen and oxygen atoms in total. The van der Waals surface area contributed by atoms with Crippen molar-refractivity contribution in [3.05, 3.63) is 65.7 Å². The molecule has 0 aromatic heterocycles. The highest BCUT2D eigenvalue weighted by Gasteiger charge is 2.31. The molecular weight excluding hydrogens is 462 g/mol. The van der Waals surface area contributed by atoms with E-state index in [2.05, 4.69) is 19.2 Å². The van der Waals surface area contributed by atoms with Crippen LogP contribution < -0.4 is 9.62 Å². The Kier molecular flexibility index (Phi) is 10.8. The van der Waals surface area contributed by atoms with E-state index in [1.54, 1.807) is 12.1 Å². The van der Waals surface area contributed by atoms with Crippen LogP contribution in [0.5, 0.6) is 0 Å². The van der Waals surface area contributed by atoms with Crippen molar-refractivity contribution in [2.45, 2.75) is 58.9 Å². The highest BCUT2D eigenvalue weighted by molar-refractivity contribution is 7.92.